The van der Waals surface area contributed by atoms with Crippen molar-refractivity contribution in [2.75, 3.05) is 0 Å². The van der Waals surface area contributed by atoms with Gasteiger partial charge >= 0.3 is 0 Å². The highest BCUT2D eigenvalue weighted by molar-refractivity contribution is 6.16. The van der Waals surface area contributed by atoms with Crippen LogP contribution in [0.15, 0.2) is 102 Å². The molecule has 2 heterocycles. The molecule has 7 heteroatoms. The Hall–Kier alpha value is -4.75. The quantitative estimate of drug-likeness (QED) is 0.369. The van der Waals surface area contributed by atoms with E-state index in [0.29, 0.717) is 0 Å². The molecule has 0 unspecified atom stereocenters. The van der Waals surface area contributed by atoms with Gasteiger partial charge in [0.1, 0.15) is 0 Å². The van der Waals surface area contributed by atoms with Gasteiger partial charge in [0, 0.05) is 11.1 Å². The van der Waals surface area contributed by atoms with E-state index in [1.54, 1.807) is 0 Å². The first kappa shape index (κ1) is 19.5. The van der Waals surface area contributed by atoms with E-state index in [2.05, 4.69) is 21.3 Å². The van der Waals surface area contributed by atoms with E-state index in [4.69, 9.17) is 0 Å². The van der Waals surface area contributed by atoms with Crippen molar-refractivity contribution in [1.29, 1.82) is 0 Å². The number of amides is 2. The number of guanidine groups is 1. The van der Waals surface area contributed by atoms with Gasteiger partial charge in [0.25, 0.3) is 11.8 Å². The van der Waals surface area contributed by atoms with E-state index in [0.717, 1.165) is 44.5 Å². The number of fused-ring (bicyclic) bond motifs is 11. The first-order valence-electron chi connectivity index (χ1n) is 11.8. The van der Waals surface area contributed by atoms with Crippen LogP contribution in [-0.4, -0.2) is 22.8 Å². The summed E-state index contributed by atoms with van der Waals surface area (Å²) in [6.45, 7) is 0. The van der Waals surface area contributed by atoms with Crippen LogP contribution in [0.1, 0.15) is 22.3 Å². The lowest BCUT2D eigenvalue weighted by atomic mass is 9.84. The molecular weight excluding hydrogens is 450 g/mol. The molecule has 1 saturated heterocycles. The van der Waals surface area contributed by atoms with Crippen molar-refractivity contribution >= 4 is 17.8 Å². The SMILES string of the molecule is O=C1NC2=NNC3(C(=O)N2NC12c1ccccc1-c1ccccc12)c1ccccc1-c1ccccc13. The van der Waals surface area contributed by atoms with Gasteiger partial charge in [-0.2, -0.15) is 5.43 Å². The normalized spacial score (nSPS) is 19.0. The van der Waals surface area contributed by atoms with Crippen LogP contribution in [0.5, 0.6) is 0 Å². The Labute approximate surface area is 206 Å². The van der Waals surface area contributed by atoms with Gasteiger partial charge in [-0.3, -0.25) is 20.3 Å². The standard InChI is InChI=1S/C29H19N5O2/c35-25-28(21-13-5-1-9-17(21)18-10-2-6-14-22(18)28)33-34-26(36)29(32-31-27(34)30-25)23-15-7-3-11-19(23)20-12-4-8-16-24(20)29/h1-16,32-33H,(H,30,31,35). The summed E-state index contributed by atoms with van der Waals surface area (Å²) in [6.07, 6.45) is 0. The number of hydrazone groups is 1. The molecule has 2 aliphatic heterocycles. The fourth-order valence-corrected chi connectivity index (χ4v) is 6.29. The van der Waals surface area contributed by atoms with E-state index in [1.165, 1.54) is 5.01 Å². The lowest BCUT2D eigenvalue weighted by molar-refractivity contribution is -0.143. The first-order chi connectivity index (χ1) is 17.7. The highest BCUT2D eigenvalue weighted by Crippen LogP contribution is 2.51. The van der Waals surface area contributed by atoms with Gasteiger partial charge in [0.05, 0.1) is 0 Å². The molecule has 7 nitrogen and oxygen atoms in total. The van der Waals surface area contributed by atoms with Gasteiger partial charge in [-0.1, -0.05) is 97.1 Å². The molecule has 0 atom stereocenters. The number of nitrogens with zero attached hydrogens (tertiary/aromatic N) is 2. The molecule has 2 aliphatic carbocycles. The lowest BCUT2D eigenvalue weighted by Crippen LogP contribution is -2.76. The van der Waals surface area contributed by atoms with E-state index in [1.807, 2.05) is 97.1 Å². The average Bonchev–Trinajstić information content (AvgIpc) is 3.37. The van der Waals surface area contributed by atoms with Crippen LogP contribution in [0.4, 0.5) is 0 Å². The number of benzene rings is 4. The zero-order valence-corrected chi connectivity index (χ0v) is 18.9. The predicted molar refractivity (Wildman–Crippen MR) is 134 cm³/mol. The van der Waals surface area contributed by atoms with E-state index < -0.39 is 11.1 Å². The van der Waals surface area contributed by atoms with Crippen LogP contribution in [0.2, 0.25) is 0 Å². The van der Waals surface area contributed by atoms with Crippen LogP contribution < -0.4 is 16.2 Å². The molecule has 0 aromatic heterocycles. The first-order valence-corrected chi connectivity index (χ1v) is 11.8. The number of rotatable bonds is 0. The summed E-state index contributed by atoms with van der Waals surface area (Å²) >= 11 is 0. The van der Waals surface area contributed by atoms with Crippen LogP contribution >= 0.6 is 0 Å². The topological polar surface area (TPSA) is 85.8 Å². The zero-order valence-electron chi connectivity index (χ0n) is 18.9. The molecule has 2 spiro atoms. The van der Waals surface area contributed by atoms with E-state index in [-0.39, 0.29) is 17.8 Å². The van der Waals surface area contributed by atoms with Crippen molar-refractivity contribution in [3.8, 4) is 22.3 Å². The molecule has 2 amide bonds. The minimum Gasteiger partial charge on any atom is -0.291 e. The van der Waals surface area contributed by atoms with Crippen molar-refractivity contribution in [2.24, 2.45) is 5.10 Å². The minimum atomic E-state index is -1.27. The molecule has 8 rings (SSSR count). The maximum absolute atomic E-state index is 14.5. The molecule has 0 saturated carbocycles. The summed E-state index contributed by atoms with van der Waals surface area (Å²) in [5.74, 6) is -0.413. The number of nitrogens with one attached hydrogen (secondary N) is 3. The number of carbonyl (C=O) groups is 2. The highest BCUT2D eigenvalue weighted by atomic mass is 16.2. The largest absolute Gasteiger partial charge is 0.291 e. The van der Waals surface area contributed by atoms with Gasteiger partial charge in [-0.05, 0) is 33.4 Å². The summed E-state index contributed by atoms with van der Waals surface area (Å²) in [5, 5.41) is 8.85. The molecule has 4 aliphatic rings. The summed E-state index contributed by atoms with van der Waals surface area (Å²) in [5.41, 5.74) is 11.2. The molecule has 3 N–H and O–H groups in total. The minimum absolute atomic E-state index is 0.130. The molecule has 172 valence electrons. The Balaban J connectivity index is 1.34. The zero-order chi connectivity index (χ0) is 24.1. The van der Waals surface area contributed by atoms with Crippen molar-refractivity contribution in [3.63, 3.8) is 0 Å². The van der Waals surface area contributed by atoms with Crippen LogP contribution in [0, 0.1) is 0 Å². The van der Waals surface area contributed by atoms with Crippen molar-refractivity contribution in [2.45, 2.75) is 11.1 Å². The van der Waals surface area contributed by atoms with Gasteiger partial charge in [0.2, 0.25) is 5.96 Å². The van der Waals surface area contributed by atoms with Crippen molar-refractivity contribution in [3.05, 3.63) is 119 Å². The number of carbonyl (C=O) groups excluding carboxylic acids is 2. The molecule has 4 aromatic carbocycles. The molecule has 0 bridgehead atoms. The molecule has 1 fully saturated rings. The third-order valence-electron chi connectivity index (χ3n) is 7.82. The Morgan fingerprint density at radius 3 is 1.47 bits per heavy atom. The summed E-state index contributed by atoms with van der Waals surface area (Å²) in [4.78, 5) is 28.3. The highest BCUT2D eigenvalue weighted by Gasteiger charge is 2.60. The average molecular weight is 470 g/mol. The monoisotopic (exact) mass is 469 g/mol. The third-order valence-corrected chi connectivity index (χ3v) is 7.82. The maximum Gasteiger partial charge on any atom is 0.280 e. The Kier molecular flexibility index (Phi) is 3.51. The van der Waals surface area contributed by atoms with Gasteiger partial charge in [-0.15, -0.1) is 5.10 Å². The maximum atomic E-state index is 14.5. The summed E-state index contributed by atoms with van der Waals surface area (Å²) in [6, 6.07) is 31.4. The molecule has 4 aromatic rings. The number of hydrogen-bond donors (Lipinski definition) is 3. The molecular formula is C29H19N5O2. The van der Waals surface area contributed by atoms with E-state index in [9.17, 15) is 9.59 Å². The Morgan fingerprint density at radius 2 is 1.00 bits per heavy atom. The van der Waals surface area contributed by atoms with Gasteiger partial charge < -0.3 is 0 Å². The number of hydrazine groups is 1. The van der Waals surface area contributed by atoms with E-state index >= 15 is 0 Å². The van der Waals surface area contributed by atoms with Crippen molar-refractivity contribution in [1.82, 2.24) is 21.2 Å². The second kappa shape index (κ2) is 6.47. The van der Waals surface area contributed by atoms with Gasteiger partial charge in [-0.25, -0.2) is 5.01 Å². The predicted octanol–water partition coefficient (Wildman–Crippen LogP) is 3.17. The Morgan fingerprint density at radius 1 is 0.583 bits per heavy atom. The molecule has 36 heavy (non-hydrogen) atoms. The summed E-state index contributed by atoms with van der Waals surface area (Å²) < 4.78 is 0. The second-order valence-corrected chi connectivity index (χ2v) is 9.44. The summed E-state index contributed by atoms with van der Waals surface area (Å²) in [7, 11) is 0. The van der Waals surface area contributed by atoms with Crippen LogP contribution in [0.25, 0.3) is 22.3 Å². The number of hydrogen-bond acceptors (Lipinski definition) is 5. The smallest absolute Gasteiger partial charge is 0.280 e. The fourth-order valence-electron chi connectivity index (χ4n) is 6.29. The van der Waals surface area contributed by atoms with Crippen LogP contribution in [-0.2, 0) is 20.7 Å². The third kappa shape index (κ3) is 2.07. The Bertz CT molecular complexity index is 1600. The van der Waals surface area contributed by atoms with Crippen molar-refractivity contribution < 1.29 is 9.59 Å². The second-order valence-electron chi connectivity index (χ2n) is 9.44. The molecule has 0 radical (unpaired) electrons. The van der Waals surface area contributed by atoms with Gasteiger partial charge in [0.15, 0.2) is 11.1 Å². The van der Waals surface area contributed by atoms with Crippen LogP contribution in [0.3, 0.4) is 0 Å². The lowest BCUT2D eigenvalue weighted by Gasteiger charge is -2.47. The fraction of sp³-hybridized carbons (Fsp3) is 0.0690.